The number of carbonyl (C=O) groups is 3. The van der Waals surface area contributed by atoms with E-state index in [9.17, 15) is 23.2 Å². The molecule has 0 aromatic heterocycles. The number of benzene rings is 2. The summed E-state index contributed by atoms with van der Waals surface area (Å²) in [6.07, 6.45) is 2.17. The Morgan fingerprint density at radius 2 is 1.90 bits per heavy atom. The Kier molecular flexibility index (Phi) is 5.00. The largest absolute Gasteiger partial charge is 0.327 e. The van der Waals surface area contributed by atoms with Gasteiger partial charge in [0.15, 0.2) is 0 Å². The molecule has 1 N–H and O–H groups in total. The Bertz CT molecular complexity index is 995. The van der Waals surface area contributed by atoms with E-state index in [1.807, 2.05) is 0 Å². The van der Waals surface area contributed by atoms with Crippen LogP contribution in [0.3, 0.4) is 0 Å². The second-order valence-corrected chi connectivity index (χ2v) is 7.12. The quantitative estimate of drug-likeness (QED) is 0.863. The highest BCUT2D eigenvalue weighted by atomic mass is 19.1. The molecule has 0 bridgehead atoms. The first-order chi connectivity index (χ1) is 14.0. The number of piperidine rings is 1. The van der Waals surface area contributed by atoms with Crippen LogP contribution in [0.25, 0.3) is 0 Å². The Hall–Kier alpha value is -3.29. The summed E-state index contributed by atoms with van der Waals surface area (Å²) in [5.74, 6) is -2.87. The van der Waals surface area contributed by atoms with E-state index in [0.29, 0.717) is 30.3 Å². The van der Waals surface area contributed by atoms with Crippen LogP contribution in [0.1, 0.15) is 29.6 Å². The van der Waals surface area contributed by atoms with Crippen molar-refractivity contribution in [1.82, 2.24) is 4.90 Å². The Labute approximate surface area is 166 Å². The predicted molar refractivity (Wildman–Crippen MR) is 102 cm³/mol. The van der Waals surface area contributed by atoms with Gasteiger partial charge in [-0.3, -0.25) is 14.4 Å². The molecule has 2 aliphatic heterocycles. The van der Waals surface area contributed by atoms with Crippen molar-refractivity contribution in [3.05, 3.63) is 59.7 Å². The third-order valence-electron chi connectivity index (χ3n) is 5.25. The molecule has 6 nitrogen and oxygen atoms in total. The Morgan fingerprint density at radius 1 is 1.10 bits per heavy atom. The van der Waals surface area contributed by atoms with Gasteiger partial charge in [-0.25, -0.2) is 8.78 Å². The zero-order valence-corrected chi connectivity index (χ0v) is 15.5. The van der Waals surface area contributed by atoms with Crippen molar-refractivity contribution >= 4 is 29.1 Å². The zero-order valence-electron chi connectivity index (χ0n) is 15.5. The van der Waals surface area contributed by atoms with Gasteiger partial charge in [0.2, 0.25) is 11.8 Å². The lowest BCUT2D eigenvalue weighted by Crippen LogP contribution is -2.52. The fourth-order valence-corrected chi connectivity index (χ4v) is 3.86. The molecular formula is C21H19F2N3O3. The molecule has 2 aromatic carbocycles. The average Bonchev–Trinajstić information content (AvgIpc) is 2.80. The van der Waals surface area contributed by atoms with Crippen LogP contribution in [-0.4, -0.2) is 41.8 Å². The minimum absolute atomic E-state index is 0.178. The maximum atomic E-state index is 13.9. The molecule has 29 heavy (non-hydrogen) atoms. The van der Waals surface area contributed by atoms with Gasteiger partial charge in [-0.15, -0.1) is 0 Å². The van der Waals surface area contributed by atoms with Crippen LogP contribution in [0, 0.1) is 11.6 Å². The van der Waals surface area contributed by atoms with Crippen LogP contribution in [0.15, 0.2) is 42.5 Å². The number of anilines is 2. The number of hydrogen-bond donors (Lipinski definition) is 1. The van der Waals surface area contributed by atoms with Gasteiger partial charge in [0.1, 0.15) is 24.2 Å². The molecule has 1 atom stereocenters. The van der Waals surface area contributed by atoms with Crippen LogP contribution in [-0.2, 0) is 9.59 Å². The lowest BCUT2D eigenvalue weighted by molar-refractivity contribution is -0.125. The zero-order chi connectivity index (χ0) is 20.5. The maximum Gasteiger partial charge on any atom is 0.256 e. The van der Waals surface area contributed by atoms with Gasteiger partial charge in [-0.2, -0.15) is 0 Å². The first kappa shape index (κ1) is 19.0. The van der Waals surface area contributed by atoms with Crippen molar-refractivity contribution in [3.63, 3.8) is 0 Å². The summed E-state index contributed by atoms with van der Waals surface area (Å²) in [7, 11) is 0. The van der Waals surface area contributed by atoms with E-state index >= 15 is 0 Å². The monoisotopic (exact) mass is 399 g/mol. The minimum Gasteiger partial charge on any atom is -0.327 e. The average molecular weight is 399 g/mol. The number of fused-ring (bicyclic) bond motifs is 2. The van der Waals surface area contributed by atoms with Gasteiger partial charge in [0, 0.05) is 12.6 Å². The number of carbonyl (C=O) groups excluding carboxylic acids is 3. The molecule has 0 aliphatic carbocycles. The smallest absolute Gasteiger partial charge is 0.256 e. The van der Waals surface area contributed by atoms with Crippen LogP contribution in [0.4, 0.5) is 20.2 Å². The summed E-state index contributed by atoms with van der Waals surface area (Å²) in [5.41, 5.74) is 0.528. The number of amides is 3. The molecular weight excluding hydrogens is 380 g/mol. The number of rotatable bonds is 3. The first-order valence-electron chi connectivity index (χ1n) is 9.42. The molecule has 2 aliphatic rings. The number of hydrogen-bond acceptors (Lipinski definition) is 3. The predicted octanol–water partition coefficient (Wildman–Crippen LogP) is 2.94. The van der Waals surface area contributed by atoms with Crippen molar-refractivity contribution in [2.24, 2.45) is 0 Å². The van der Waals surface area contributed by atoms with Gasteiger partial charge in [-0.1, -0.05) is 12.1 Å². The molecule has 1 unspecified atom stereocenters. The third-order valence-corrected chi connectivity index (χ3v) is 5.25. The van der Waals surface area contributed by atoms with E-state index in [0.717, 1.165) is 25.0 Å². The second-order valence-electron chi connectivity index (χ2n) is 7.12. The Balaban J connectivity index is 1.64. The SMILES string of the molecule is O=C(CN1C(=O)C2CCCCN2C(=O)c2ccccc21)Nc1ccc(F)cc1F. The topological polar surface area (TPSA) is 69.7 Å². The number of para-hydroxylation sites is 1. The van der Waals surface area contributed by atoms with Crippen molar-refractivity contribution in [2.75, 3.05) is 23.3 Å². The summed E-state index contributed by atoms with van der Waals surface area (Å²) in [6.45, 7) is 0.106. The molecule has 2 heterocycles. The molecule has 150 valence electrons. The van der Waals surface area contributed by atoms with Crippen LogP contribution in [0.2, 0.25) is 0 Å². The summed E-state index contributed by atoms with van der Waals surface area (Å²) in [5, 5.41) is 2.37. The van der Waals surface area contributed by atoms with E-state index in [2.05, 4.69) is 5.32 Å². The number of nitrogens with one attached hydrogen (secondary N) is 1. The Morgan fingerprint density at radius 3 is 2.69 bits per heavy atom. The molecule has 0 radical (unpaired) electrons. The van der Waals surface area contributed by atoms with Crippen molar-refractivity contribution in [2.45, 2.75) is 25.3 Å². The normalized spacial score (nSPS) is 18.8. The van der Waals surface area contributed by atoms with E-state index < -0.39 is 23.6 Å². The van der Waals surface area contributed by atoms with Crippen molar-refractivity contribution in [3.8, 4) is 0 Å². The van der Waals surface area contributed by atoms with Gasteiger partial charge in [0.25, 0.3) is 5.91 Å². The number of nitrogens with zero attached hydrogens (tertiary/aromatic N) is 2. The van der Waals surface area contributed by atoms with Crippen molar-refractivity contribution in [1.29, 1.82) is 0 Å². The second kappa shape index (κ2) is 7.62. The van der Waals surface area contributed by atoms with Gasteiger partial charge in [0.05, 0.1) is 16.9 Å². The van der Waals surface area contributed by atoms with Gasteiger partial charge in [-0.05, 0) is 43.5 Å². The molecule has 0 spiro atoms. The van der Waals surface area contributed by atoms with E-state index in [-0.39, 0.29) is 24.0 Å². The summed E-state index contributed by atoms with van der Waals surface area (Å²) >= 11 is 0. The molecule has 3 amide bonds. The summed E-state index contributed by atoms with van der Waals surface area (Å²) < 4.78 is 26.9. The lowest BCUT2D eigenvalue weighted by atomic mass is 10.0. The molecule has 4 rings (SSSR count). The third kappa shape index (κ3) is 3.57. The molecule has 8 heteroatoms. The van der Waals surface area contributed by atoms with Gasteiger partial charge < -0.3 is 15.1 Å². The highest BCUT2D eigenvalue weighted by Crippen LogP contribution is 2.31. The van der Waals surface area contributed by atoms with Crippen LogP contribution >= 0.6 is 0 Å². The highest BCUT2D eigenvalue weighted by molar-refractivity contribution is 6.13. The maximum absolute atomic E-state index is 13.9. The van der Waals surface area contributed by atoms with E-state index in [1.165, 1.54) is 4.90 Å². The molecule has 1 fully saturated rings. The summed E-state index contributed by atoms with van der Waals surface area (Å²) in [4.78, 5) is 41.6. The van der Waals surface area contributed by atoms with Gasteiger partial charge >= 0.3 is 0 Å². The molecule has 0 saturated carbocycles. The lowest BCUT2D eigenvalue weighted by Gasteiger charge is -2.34. The van der Waals surface area contributed by atoms with Crippen LogP contribution < -0.4 is 10.2 Å². The van der Waals surface area contributed by atoms with Crippen molar-refractivity contribution < 1.29 is 23.2 Å². The molecule has 1 saturated heterocycles. The number of halogens is 2. The van der Waals surface area contributed by atoms with Crippen LogP contribution in [0.5, 0.6) is 0 Å². The molecule has 2 aromatic rings. The first-order valence-corrected chi connectivity index (χ1v) is 9.42. The summed E-state index contributed by atoms with van der Waals surface area (Å²) in [6, 6.07) is 8.84. The van der Waals surface area contributed by atoms with E-state index in [4.69, 9.17) is 0 Å². The van der Waals surface area contributed by atoms with E-state index in [1.54, 1.807) is 29.2 Å². The fourth-order valence-electron chi connectivity index (χ4n) is 3.86. The fraction of sp³-hybridized carbons (Fsp3) is 0.286. The minimum atomic E-state index is -0.908. The standard InChI is InChI=1S/C21H19F2N3O3/c22-13-8-9-16(15(23)11-13)24-19(27)12-26-17-6-2-1-5-14(17)20(28)25-10-4-3-7-18(25)21(26)29/h1-2,5-6,8-9,11,18H,3-4,7,10,12H2,(H,24,27). The highest BCUT2D eigenvalue weighted by Gasteiger charge is 2.41.